The van der Waals surface area contributed by atoms with Gasteiger partial charge in [0.1, 0.15) is 12.4 Å². The predicted octanol–water partition coefficient (Wildman–Crippen LogP) is 2.35. The van der Waals surface area contributed by atoms with Crippen LogP contribution >= 0.6 is 0 Å². The summed E-state index contributed by atoms with van der Waals surface area (Å²) >= 11 is 0. The number of hydrogen-bond acceptors (Lipinski definition) is 4. The van der Waals surface area contributed by atoms with Crippen LogP contribution in [-0.2, 0) is 11.3 Å². The van der Waals surface area contributed by atoms with Gasteiger partial charge in [-0.25, -0.2) is 0 Å². The Morgan fingerprint density at radius 2 is 2.32 bits per heavy atom. The highest BCUT2D eigenvalue weighted by Crippen LogP contribution is 2.32. The summed E-state index contributed by atoms with van der Waals surface area (Å²) in [5.41, 5.74) is 2.36. The summed E-state index contributed by atoms with van der Waals surface area (Å²) in [6.45, 7) is 8.65. The monoisotopic (exact) mass is 264 g/mol. The number of hydrogen-bond donors (Lipinski definition) is 1. The summed E-state index contributed by atoms with van der Waals surface area (Å²) in [4.78, 5) is 2.40. The standard InChI is InChI=1S/C15H24N2O2/c1-4-17(12(2)11-18-3)10-13-6-5-7-14-15(13)19-9-8-16-14/h5-7,12,16H,4,8-11H2,1-3H3. The molecule has 0 bridgehead atoms. The fourth-order valence-corrected chi connectivity index (χ4v) is 2.50. The van der Waals surface area contributed by atoms with E-state index in [0.29, 0.717) is 6.04 Å². The van der Waals surface area contributed by atoms with Gasteiger partial charge in [-0.3, -0.25) is 4.90 Å². The van der Waals surface area contributed by atoms with Crippen molar-refractivity contribution in [1.29, 1.82) is 0 Å². The lowest BCUT2D eigenvalue weighted by Crippen LogP contribution is -2.35. The van der Waals surface area contributed by atoms with Gasteiger partial charge >= 0.3 is 0 Å². The first-order chi connectivity index (χ1) is 9.26. The number of methoxy groups -OCH3 is 1. The van der Waals surface area contributed by atoms with E-state index in [1.807, 2.05) is 0 Å². The summed E-state index contributed by atoms with van der Waals surface area (Å²) < 4.78 is 11.1. The molecular weight excluding hydrogens is 240 g/mol. The number of para-hydroxylation sites is 1. The average Bonchev–Trinajstić information content (AvgIpc) is 2.45. The molecule has 1 N–H and O–H groups in total. The van der Waals surface area contributed by atoms with Gasteiger partial charge in [-0.2, -0.15) is 0 Å². The van der Waals surface area contributed by atoms with Gasteiger partial charge in [-0.1, -0.05) is 19.1 Å². The Bertz CT molecular complexity index is 409. The van der Waals surface area contributed by atoms with Crippen molar-refractivity contribution in [2.75, 3.05) is 38.7 Å². The van der Waals surface area contributed by atoms with Crippen molar-refractivity contribution < 1.29 is 9.47 Å². The van der Waals surface area contributed by atoms with E-state index in [4.69, 9.17) is 9.47 Å². The first-order valence-electron chi connectivity index (χ1n) is 6.97. The predicted molar refractivity (Wildman–Crippen MR) is 77.8 cm³/mol. The van der Waals surface area contributed by atoms with E-state index in [-0.39, 0.29) is 0 Å². The minimum atomic E-state index is 0.405. The number of fused-ring (bicyclic) bond motifs is 1. The number of anilines is 1. The molecule has 0 amide bonds. The molecular formula is C15H24N2O2. The Morgan fingerprint density at radius 3 is 3.05 bits per heavy atom. The number of nitrogens with one attached hydrogen (secondary N) is 1. The number of nitrogens with zero attached hydrogens (tertiary/aromatic N) is 1. The molecule has 4 nitrogen and oxygen atoms in total. The summed E-state index contributed by atoms with van der Waals surface area (Å²) in [5.74, 6) is 1.01. The Balaban J connectivity index is 2.13. The van der Waals surface area contributed by atoms with Gasteiger partial charge in [0.05, 0.1) is 12.3 Å². The highest BCUT2D eigenvalue weighted by atomic mass is 16.5. The lowest BCUT2D eigenvalue weighted by atomic mass is 10.1. The summed E-state index contributed by atoms with van der Waals surface area (Å²) in [5, 5.41) is 3.38. The second-order valence-electron chi connectivity index (χ2n) is 4.94. The van der Waals surface area contributed by atoms with Crippen LogP contribution in [0, 0.1) is 0 Å². The number of ether oxygens (including phenoxy) is 2. The van der Waals surface area contributed by atoms with E-state index in [9.17, 15) is 0 Å². The zero-order chi connectivity index (χ0) is 13.7. The molecule has 0 aromatic heterocycles. The lowest BCUT2D eigenvalue weighted by Gasteiger charge is -2.29. The van der Waals surface area contributed by atoms with Gasteiger partial charge in [0.2, 0.25) is 0 Å². The molecule has 1 aliphatic rings. The molecule has 0 saturated heterocycles. The molecule has 1 aliphatic heterocycles. The maximum Gasteiger partial charge on any atom is 0.146 e. The molecule has 2 rings (SSSR count). The maximum absolute atomic E-state index is 5.82. The molecule has 1 aromatic carbocycles. The smallest absolute Gasteiger partial charge is 0.146 e. The van der Waals surface area contributed by atoms with Crippen LogP contribution in [0.4, 0.5) is 5.69 Å². The van der Waals surface area contributed by atoms with E-state index in [1.54, 1.807) is 7.11 Å². The first-order valence-corrected chi connectivity index (χ1v) is 6.97. The molecule has 1 atom stereocenters. The molecule has 1 heterocycles. The number of rotatable bonds is 6. The van der Waals surface area contributed by atoms with Crippen LogP contribution in [0.5, 0.6) is 5.75 Å². The van der Waals surface area contributed by atoms with E-state index in [2.05, 4.69) is 42.3 Å². The molecule has 19 heavy (non-hydrogen) atoms. The van der Waals surface area contributed by atoms with E-state index in [1.165, 1.54) is 5.56 Å². The zero-order valence-corrected chi connectivity index (χ0v) is 12.1. The van der Waals surface area contributed by atoms with Crippen LogP contribution < -0.4 is 10.1 Å². The van der Waals surface area contributed by atoms with Crippen molar-refractivity contribution >= 4 is 5.69 Å². The van der Waals surface area contributed by atoms with Crippen LogP contribution in [0.1, 0.15) is 19.4 Å². The number of likely N-dealkylation sites (N-methyl/N-ethyl adjacent to an activating group) is 1. The SMILES string of the molecule is CCN(Cc1cccc2c1OCCN2)C(C)COC. The fraction of sp³-hybridized carbons (Fsp3) is 0.600. The maximum atomic E-state index is 5.82. The summed E-state index contributed by atoms with van der Waals surface area (Å²) in [7, 11) is 1.75. The Labute approximate surface area is 115 Å². The van der Waals surface area contributed by atoms with Crippen LogP contribution in [0.25, 0.3) is 0 Å². The van der Waals surface area contributed by atoms with Gasteiger partial charge in [0.25, 0.3) is 0 Å². The Hall–Kier alpha value is -1.26. The van der Waals surface area contributed by atoms with E-state index in [0.717, 1.165) is 44.3 Å². The second kappa shape index (κ2) is 6.78. The van der Waals surface area contributed by atoms with Crippen molar-refractivity contribution in [3.8, 4) is 5.75 Å². The van der Waals surface area contributed by atoms with Crippen LogP contribution in [-0.4, -0.2) is 44.4 Å². The molecule has 1 aromatic rings. The van der Waals surface area contributed by atoms with Crippen molar-refractivity contribution in [3.05, 3.63) is 23.8 Å². The van der Waals surface area contributed by atoms with E-state index >= 15 is 0 Å². The van der Waals surface area contributed by atoms with Gasteiger partial charge in [0, 0.05) is 31.8 Å². The van der Waals surface area contributed by atoms with Crippen molar-refractivity contribution in [1.82, 2.24) is 4.90 Å². The largest absolute Gasteiger partial charge is 0.489 e. The summed E-state index contributed by atoms with van der Waals surface area (Å²) in [6.07, 6.45) is 0. The minimum Gasteiger partial charge on any atom is -0.489 e. The van der Waals surface area contributed by atoms with Gasteiger partial charge in [-0.05, 0) is 19.5 Å². The van der Waals surface area contributed by atoms with Crippen LogP contribution in [0.2, 0.25) is 0 Å². The minimum absolute atomic E-state index is 0.405. The molecule has 0 aliphatic carbocycles. The van der Waals surface area contributed by atoms with Gasteiger partial charge in [-0.15, -0.1) is 0 Å². The molecule has 0 radical (unpaired) electrons. The third-order valence-electron chi connectivity index (χ3n) is 3.57. The highest BCUT2D eigenvalue weighted by molar-refractivity contribution is 5.61. The molecule has 0 spiro atoms. The zero-order valence-electron chi connectivity index (χ0n) is 12.1. The van der Waals surface area contributed by atoms with Gasteiger partial charge in [0.15, 0.2) is 0 Å². The quantitative estimate of drug-likeness (QED) is 0.855. The second-order valence-corrected chi connectivity index (χ2v) is 4.94. The van der Waals surface area contributed by atoms with Crippen molar-refractivity contribution in [2.24, 2.45) is 0 Å². The van der Waals surface area contributed by atoms with Crippen LogP contribution in [0.3, 0.4) is 0 Å². The molecule has 0 fully saturated rings. The lowest BCUT2D eigenvalue weighted by molar-refractivity contribution is 0.0974. The van der Waals surface area contributed by atoms with E-state index < -0.39 is 0 Å². The molecule has 106 valence electrons. The summed E-state index contributed by atoms with van der Waals surface area (Å²) in [6, 6.07) is 6.72. The third-order valence-corrected chi connectivity index (χ3v) is 3.57. The highest BCUT2D eigenvalue weighted by Gasteiger charge is 2.18. The Morgan fingerprint density at radius 1 is 1.47 bits per heavy atom. The van der Waals surface area contributed by atoms with Crippen molar-refractivity contribution in [3.63, 3.8) is 0 Å². The topological polar surface area (TPSA) is 33.7 Å². The molecule has 4 heteroatoms. The molecule has 1 unspecified atom stereocenters. The first kappa shape index (κ1) is 14.2. The van der Waals surface area contributed by atoms with Crippen LogP contribution in [0.15, 0.2) is 18.2 Å². The fourth-order valence-electron chi connectivity index (χ4n) is 2.50. The normalized spacial score (nSPS) is 15.6. The molecule has 0 saturated carbocycles. The van der Waals surface area contributed by atoms with Gasteiger partial charge < -0.3 is 14.8 Å². The van der Waals surface area contributed by atoms with Crippen molar-refractivity contribution in [2.45, 2.75) is 26.4 Å². The average molecular weight is 264 g/mol. The Kier molecular flexibility index (Phi) is 5.05. The third kappa shape index (κ3) is 3.39. The number of benzene rings is 1.